The van der Waals surface area contributed by atoms with Crippen LogP contribution in [0.1, 0.15) is 24.5 Å². The van der Waals surface area contributed by atoms with Gasteiger partial charge < -0.3 is 5.11 Å². The summed E-state index contributed by atoms with van der Waals surface area (Å²) in [5.74, 6) is 4.63. The van der Waals surface area contributed by atoms with Crippen molar-refractivity contribution < 1.29 is 22.7 Å². The molecule has 2 nitrogen and oxygen atoms in total. The van der Waals surface area contributed by atoms with E-state index in [2.05, 4.69) is 11.8 Å². The summed E-state index contributed by atoms with van der Waals surface area (Å²) in [4.78, 5) is 1.22. The number of hydrogen-bond acceptors (Lipinski definition) is 2. The van der Waals surface area contributed by atoms with Crippen molar-refractivity contribution in [2.24, 2.45) is 0 Å². The lowest BCUT2D eigenvalue weighted by atomic mass is 10.1. The van der Waals surface area contributed by atoms with Crippen LogP contribution in [0.15, 0.2) is 18.2 Å². The van der Waals surface area contributed by atoms with Crippen LogP contribution in [0.25, 0.3) is 0 Å². The van der Waals surface area contributed by atoms with Gasteiger partial charge in [-0.2, -0.15) is 13.2 Å². The summed E-state index contributed by atoms with van der Waals surface area (Å²) in [5, 5.41) is 8.62. The van der Waals surface area contributed by atoms with Gasteiger partial charge in [0.15, 0.2) is 0 Å². The van der Waals surface area contributed by atoms with Gasteiger partial charge in [0, 0.05) is 13.0 Å². The molecule has 6 heteroatoms. The molecule has 0 saturated heterocycles. The van der Waals surface area contributed by atoms with Crippen LogP contribution >= 0.6 is 0 Å². The van der Waals surface area contributed by atoms with Gasteiger partial charge >= 0.3 is 6.18 Å². The van der Waals surface area contributed by atoms with Crippen molar-refractivity contribution in [2.45, 2.75) is 26.1 Å². The minimum Gasteiger partial charge on any atom is -0.395 e. The molecule has 0 radical (unpaired) electrons. The summed E-state index contributed by atoms with van der Waals surface area (Å²) in [6, 6.07) is 4.09. The molecule has 1 N–H and O–H groups in total. The second-order valence-corrected chi connectivity index (χ2v) is 4.51. The Balaban J connectivity index is 2.84. The molecule has 116 valence electrons. The molecule has 0 bridgehead atoms. The zero-order valence-corrected chi connectivity index (χ0v) is 11.7. The van der Waals surface area contributed by atoms with E-state index in [-0.39, 0.29) is 31.7 Å². The molecule has 0 aromatic heterocycles. The monoisotopic (exact) mass is 303 g/mol. The van der Waals surface area contributed by atoms with E-state index in [4.69, 9.17) is 5.11 Å². The van der Waals surface area contributed by atoms with Crippen LogP contribution in [0.5, 0.6) is 0 Å². The Morgan fingerprint density at radius 3 is 2.57 bits per heavy atom. The van der Waals surface area contributed by atoms with Crippen molar-refractivity contribution >= 4 is 0 Å². The summed E-state index contributed by atoms with van der Waals surface area (Å²) in [6.07, 6.45) is -4.04. The molecular formula is C15H17F4NO. The molecule has 0 unspecified atom stereocenters. The minimum absolute atomic E-state index is 0.0744. The lowest BCUT2D eigenvalue weighted by Crippen LogP contribution is -2.33. The van der Waals surface area contributed by atoms with Crippen LogP contribution in [0.2, 0.25) is 0 Å². The Kier molecular flexibility index (Phi) is 6.66. The van der Waals surface area contributed by atoms with Crippen molar-refractivity contribution in [3.05, 3.63) is 35.1 Å². The highest BCUT2D eigenvalue weighted by Gasteiger charge is 2.30. The van der Waals surface area contributed by atoms with E-state index in [0.29, 0.717) is 5.56 Å². The maximum Gasteiger partial charge on any atom is 0.401 e. The van der Waals surface area contributed by atoms with E-state index in [1.807, 2.05) is 0 Å². The number of nitrogens with zero attached hydrogens (tertiary/aromatic N) is 1. The van der Waals surface area contributed by atoms with Crippen molar-refractivity contribution in [1.82, 2.24) is 4.90 Å². The topological polar surface area (TPSA) is 23.5 Å². The largest absolute Gasteiger partial charge is 0.401 e. The van der Waals surface area contributed by atoms with E-state index in [1.165, 1.54) is 23.1 Å². The molecule has 0 spiro atoms. The third kappa shape index (κ3) is 6.61. The fourth-order valence-electron chi connectivity index (χ4n) is 1.77. The van der Waals surface area contributed by atoms with Crippen LogP contribution in [0, 0.1) is 17.7 Å². The van der Waals surface area contributed by atoms with Crippen LogP contribution in [0.4, 0.5) is 17.6 Å². The zero-order valence-electron chi connectivity index (χ0n) is 11.7. The standard InChI is InChI=1S/C15H17F4NO/c1-2-20(11-15(17,18)19)10-12-6-7-14(16)13(9-12)5-3-4-8-21/h6-7,9,21H,2,4,8,10-11H2,1H3. The summed E-state index contributed by atoms with van der Waals surface area (Å²) in [7, 11) is 0. The summed E-state index contributed by atoms with van der Waals surface area (Å²) < 4.78 is 50.7. The number of benzene rings is 1. The number of rotatable bonds is 5. The van der Waals surface area contributed by atoms with Crippen molar-refractivity contribution in [3.8, 4) is 11.8 Å². The molecular weight excluding hydrogens is 286 g/mol. The molecule has 0 aliphatic heterocycles. The first kappa shape index (κ1) is 17.5. The third-order valence-electron chi connectivity index (χ3n) is 2.75. The highest BCUT2D eigenvalue weighted by molar-refractivity contribution is 5.38. The summed E-state index contributed by atoms with van der Waals surface area (Å²) in [5.41, 5.74) is 0.694. The van der Waals surface area contributed by atoms with Gasteiger partial charge in [-0.05, 0) is 24.2 Å². The van der Waals surface area contributed by atoms with Gasteiger partial charge in [0.1, 0.15) is 5.82 Å². The lowest BCUT2D eigenvalue weighted by Gasteiger charge is -2.22. The number of hydrogen-bond donors (Lipinski definition) is 1. The zero-order chi connectivity index (χ0) is 15.9. The smallest absolute Gasteiger partial charge is 0.395 e. The van der Waals surface area contributed by atoms with Crippen molar-refractivity contribution in [1.29, 1.82) is 0 Å². The van der Waals surface area contributed by atoms with Crippen LogP contribution in [-0.2, 0) is 6.54 Å². The molecule has 1 aromatic carbocycles. The highest BCUT2D eigenvalue weighted by atomic mass is 19.4. The molecule has 0 heterocycles. The van der Waals surface area contributed by atoms with Crippen molar-refractivity contribution in [2.75, 3.05) is 19.7 Å². The Morgan fingerprint density at radius 1 is 1.29 bits per heavy atom. The van der Waals surface area contributed by atoms with E-state index in [9.17, 15) is 17.6 Å². The van der Waals surface area contributed by atoms with Gasteiger partial charge in [-0.25, -0.2) is 4.39 Å². The Bertz CT molecular complexity index is 517. The number of halogens is 4. The van der Waals surface area contributed by atoms with Gasteiger partial charge in [-0.3, -0.25) is 4.90 Å². The van der Waals surface area contributed by atoms with Gasteiger partial charge in [-0.15, -0.1) is 0 Å². The first-order valence-corrected chi connectivity index (χ1v) is 6.53. The molecule has 1 rings (SSSR count). The van der Waals surface area contributed by atoms with Gasteiger partial charge in [0.25, 0.3) is 0 Å². The Morgan fingerprint density at radius 2 is 2.00 bits per heavy atom. The second kappa shape index (κ2) is 8.01. The number of alkyl halides is 3. The van der Waals surface area contributed by atoms with Crippen LogP contribution in [-0.4, -0.2) is 35.9 Å². The number of aliphatic hydroxyl groups excluding tert-OH is 1. The third-order valence-corrected chi connectivity index (χ3v) is 2.75. The SMILES string of the molecule is CCN(Cc1ccc(F)c(C#CCCO)c1)CC(F)(F)F. The Hall–Kier alpha value is -1.58. The molecule has 0 aliphatic rings. The minimum atomic E-state index is -4.26. The molecule has 0 amide bonds. The maximum atomic E-state index is 13.5. The summed E-state index contributed by atoms with van der Waals surface area (Å²) >= 11 is 0. The quantitative estimate of drug-likeness (QED) is 0.668. The van der Waals surface area contributed by atoms with Crippen molar-refractivity contribution in [3.63, 3.8) is 0 Å². The van der Waals surface area contributed by atoms with Gasteiger partial charge in [0.2, 0.25) is 0 Å². The predicted octanol–water partition coefficient (Wildman–Crippen LogP) is 2.94. The van der Waals surface area contributed by atoms with Gasteiger partial charge in [-0.1, -0.05) is 24.8 Å². The fourth-order valence-corrected chi connectivity index (χ4v) is 1.77. The molecule has 21 heavy (non-hydrogen) atoms. The lowest BCUT2D eigenvalue weighted by molar-refractivity contribution is -0.146. The van der Waals surface area contributed by atoms with E-state index < -0.39 is 18.5 Å². The first-order valence-electron chi connectivity index (χ1n) is 6.53. The first-order chi connectivity index (χ1) is 9.85. The second-order valence-electron chi connectivity index (χ2n) is 4.51. The predicted molar refractivity (Wildman–Crippen MR) is 72.0 cm³/mol. The summed E-state index contributed by atoms with van der Waals surface area (Å²) in [6.45, 7) is 0.820. The average Bonchev–Trinajstić information content (AvgIpc) is 2.40. The van der Waals surface area contributed by atoms with E-state index >= 15 is 0 Å². The molecule has 0 saturated carbocycles. The molecule has 0 fully saturated rings. The van der Waals surface area contributed by atoms with E-state index in [0.717, 1.165) is 0 Å². The van der Waals surface area contributed by atoms with Crippen LogP contribution in [0.3, 0.4) is 0 Å². The Labute approximate surface area is 121 Å². The maximum absolute atomic E-state index is 13.5. The highest BCUT2D eigenvalue weighted by Crippen LogP contribution is 2.18. The van der Waals surface area contributed by atoms with Crippen LogP contribution < -0.4 is 0 Å². The van der Waals surface area contributed by atoms with Gasteiger partial charge in [0.05, 0.1) is 18.7 Å². The van der Waals surface area contributed by atoms with E-state index in [1.54, 1.807) is 6.92 Å². The molecule has 0 atom stereocenters. The fraction of sp³-hybridized carbons (Fsp3) is 0.467. The average molecular weight is 303 g/mol. The molecule has 1 aromatic rings. The number of aliphatic hydroxyl groups is 1. The molecule has 0 aliphatic carbocycles. The normalized spacial score (nSPS) is 11.4.